The summed E-state index contributed by atoms with van der Waals surface area (Å²) in [6.07, 6.45) is 1.42. The second-order valence-electron chi connectivity index (χ2n) is 5.99. The van der Waals surface area contributed by atoms with E-state index in [0.29, 0.717) is 30.3 Å². The van der Waals surface area contributed by atoms with Gasteiger partial charge >= 0.3 is 12.1 Å². The van der Waals surface area contributed by atoms with E-state index in [9.17, 15) is 14.4 Å². The first kappa shape index (κ1) is 16.8. The fraction of sp³-hybridized carbons (Fsp3) is 0.562. The van der Waals surface area contributed by atoms with E-state index in [1.54, 1.807) is 0 Å². The van der Waals surface area contributed by atoms with Gasteiger partial charge in [-0.15, -0.1) is 11.3 Å². The number of anilines is 1. The predicted molar refractivity (Wildman–Crippen MR) is 88.4 cm³/mol. The van der Waals surface area contributed by atoms with E-state index >= 15 is 0 Å². The molecule has 24 heavy (non-hydrogen) atoms. The molecule has 7 nitrogen and oxygen atoms in total. The minimum Gasteiger partial charge on any atom is -0.460 e. The van der Waals surface area contributed by atoms with Crippen LogP contribution in [0.25, 0.3) is 0 Å². The van der Waals surface area contributed by atoms with E-state index in [1.165, 1.54) is 16.2 Å². The molecule has 2 amide bonds. The summed E-state index contributed by atoms with van der Waals surface area (Å²) in [5.41, 5.74) is 1.23. The lowest BCUT2D eigenvalue weighted by Crippen LogP contribution is -2.29. The number of ether oxygens (including phenoxy) is 2. The summed E-state index contributed by atoms with van der Waals surface area (Å²) in [5, 5.41) is 3.40. The predicted octanol–water partition coefficient (Wildman–Crippen LogP) is 2.32. The van der Waals surface area contributed by atoms with Crippen molar-refractivity contribution in [2.75, 3.05) is 31.6 Å². The summed E-state index contributed by atoms with van der Waals surface area (Å²) in [6.45, 7) is 5.02. The Hall–Kier alpha value is -2.09. The van der Waals surface area contributed by atoms with Gasteiger partial charge in [0.2, 0.25) is 5.91 Å². The van der Waals surface area contributed by atoms with Gasteiger partial charge in [0.05, 0.1) is 18.7 Å². The zero-order chi connectivity index (χ0) is 17.3. The molecule has 0 aromatic carbocycles. The van der Waals surface area contributed by atoms with Crippen molar-refractivity contribution in [1.82, 2.24) is 4.90 Å². The van der Waals surface area contributed by atoms with Crippen LogP contribution < -0.4 is 5.32 Å². The summed E-state index contributed by atoms with van der Waals surface area (Å²) in [5.74, 6) is -0.446. The molecule has 1 aromatic heterocycles. The van der Waals surface area contributed by atoms with E-state index in [4.69, 9.17) is 9.47 Å². The molecular formula is C16H20N2O5S. The Bertz CT molecular complexity index is 680. The average Bonchev–Trinajstić information content (AvgIpc) is 3.25. The Morgan fingerprint density at radius 3 is 2.75 bits per heavy atom. The summed E-state index contributed by atoms with van der Waals surface area (Å²) < 4.78 is 10.1. The number of esters is 1. The zero-order valence-electron chi connectivity index (χ0n) is 13.7. The zero-order valence-corrected chi connectivity index (χ0v) is 14.5. The number of carbonyl (C=O) groups is 3. The van der Waals surface area contributed by atoms with Crippen LogP contribution in [0.3, 0.4) is 0 Å². The van der Waals surface area contributed by atoms with Crippen LogP contribution in [0.1, 0.15) is 33.6 Å². The number of nitrogens with one attached hydrogen (secondary N) is 1. The van der Waals surface area contributed by atoms with Crippen molar-refractivity contribution >= 4 is 34.3 Å². The van der Waals surface area contributed by atoms with Crippen molar-refractivity contribution in [3.8, 4) is 0 Å². The van der Waals surface area contributed by atoms with Gasteiger partial charge in [0.25, 0.3) is 0 Å². The van der Waals surface area contributed by atoms with E-state index in [2.05, 4.69) is 5.32 Å². The highest BCUT2D eigenvalue weighted by atomic mass is 32.1. The third kappa shape index (κ3) is 3.53. The van der Waals surface area contributed by atoms with Crippen LogP contribution in [0.5, 0.6) is 0 Å². The molecule has 0 bridgehead atoms. The molecule has 1 saturated heterocycles. The Morgan fingerprint density at radius 1 is 1.38 bits per heavy atom. The monoisotopic (exact) mass is 352 g/mol. The van der Waals surface area contributed by atoms with E-state index < -0.39 is 5.97 Å². The van der Waals surface area contributed by atoms with Gasteiger partial charge in [-0.05, 0) is 32.3 Å². The number of rotatable bonds is 6. The molecule has 1 N–H and O–H groups in total. The minimum absolute atomic E-state index is 0.0369. The third-order valence-electron chi connectivity index (χ3n) is 4.21. The molecule has 1 aliphatic carbocycles. The summed E-state index contributed by atoms with van der Waals surface area (Å²) in [6, 6.07) is 0. The first-order chi connectivity index (χ1) is 11.5. The van der Waals surface area contributed by atoms with E-state index in [0.717, 1.165) is 23.3 Å². The molecule has 0 atom stereocenters. The Labute approximate surface area is 143 Å². The van der Waals surface area contributed by atoms with E-state index in [1.807, 2.05) is 13.8 Å². The Morgan fingerprint density at radius 2 is 2.12 bits per heavy atom. The molecule has 2 aliphatic rings. The van der Waals surface area contributed by atoms with Crippen LogP contribution in [0.15, 0.2) is 0 Å². The maximum atomic E-state index is 12.4. The molecular weight excluding hydrogens is 332 g/mol. The number of aryl methyl sites for hydroxylation is 1. The number of carbonyl (C=O) groups excluding carboxylic acids is 3. The van der Waals surface area contributed by atoms with E-state index in [-0.39, 0.29) is 24.5 Å². The lowest BCUT2D eigenvalue weighted by atomic mass is 10.1. The molecule has 8 heteroatoms. The number of nitrogens with zero attached hydrogens (tertiary/aromatic N) is 1. The standard InChI is InChI=1S/C16H20N2O5S/c1-9-10(2)24-14(17-13(19)11-3-4-11)12(9)15(20)22-7-5-18-6-8-23-16(18)21/h11H,3-8H2,1-2H3,(H,17,19). The maximum Gasteiger partial charge on any atom is 0.410 e. The van der Waals surface area contributed by atoms with Gasteiger partial charge in [-0.1, -0.05) is 0 Å². The lowest BCUT2D eigenvalue weighted by molar-refractivity contribution is -0.117. The average molecular weight is 352 g/mol. The van der Waals surface area contributed by atoms with Crippen LogP contribution >= 0.6 is 11.3 Å². The van der Waals surface area contributed by atoms with Crippen molar-refractivity contribution < 1.29 is 23.9 Å². The largest absolute Gasteiger partial charge is 0.460 e. The maximum absolute atomic E-state index is 12.4. The molecule has 1 aliphatic heterocycles. The number of cyclic esters (lactones) is 1. The van der Waals surface area contributed by atoms with Crippen LogP contribution in [0.2, 0.25) is 0 Å². The van der Waals surface area contributed by atoms with Gasteiger partial charge in [0, 0.05) is 10.8 Å². The SMILES string of the molecule is Cc1sc(NC(=O)C2CC2)c(C(=O)OCCN2CCOC2=O)c1C. The van der Waals surface area contributed by atoms with Gasteiger partial charge in [-0.3, -0.25) is 4.79 Å². The Balaban J connectivity index is 1.62. The van der Waals surface area contributed by atoms with Crippen LogP contribution in [0.4, 0.5) is 9.80 Å². The molecule has 2 heterocycles. The highest BCUT2D eigenvalue weighted by molar-refractivity contribution is 7.16. The summed E-state index contributed by atoms with van der Waals surface area (Å²) in [4.78, 5) is 38.2. The summed E-state index contributed by atoms with van der Waals surface area (Å²) >= 11 is 1.38. The molecule has 0 radical (unpaired) electrons. The molecule has 1 saturated carbocycles. The molecule has 0 unspecified atom stereocenters. The first-order valence-electron chi connectivity index (χ1n) is 7.97. The minimum atomic E-state index is -0.476. The van der Waals surface area contributed by atoms with Gasteiger partial charge in [0.15, 0.2) is 0 Å². The van der Waals surface area contributed by atoms with Crippen molar-refractivity contribution in [2.45, 2.75) is 26.7 Å². The van der Waals surface area contributed by atoms with Crippen molar-refractivity contribution in [2.24, 2.45) is 5.92 Å². The lowest BCUT2D eigenvalue weighted by Gasteiger charge is -2.13. The first-order valence-corrected chi connectivity index (χ1v) is 8.78. The number of thiophene rings is 1. The molecule has 3 rings (SSSR count). The molecule has 2 fully saturated rings. The van der Waals surface area contributed by atoms with Crippen molar-refractivity contribution in [3.05, 3.63) is 16.0 Å². The van der Waals surface area contributed by atoms with Gasteiger partial charge in [-0.25, -0.2) is 9.59 Å². The fourth-order valence-electron chi connectivity index (χ4n) is 2.47. The quantitative estimate of drug-likeness (QED) is 0.794. The smallest absolute Gasteiger partial charge is 0.410 e. The third-order valence-corrected chi connectivity index (χ3v) is 5.34. The number of hydrogen-bond donors (Lipinski definition) is 1. The Kier molecular flexibility index (Phi) is 4.75. The normalized spacial score (nSPS) is 16.9. The number of amides is 2. The fourth-order valence-corrected chi connectivity index (χ4v) is 3.52. The van der Waals surface area contributed by atoms with Crippen LogP contribution in [-0.2, 0) is 14.3 Å². The van der Waals surface area contributed by atoms with Crippen LogP contribution in [0, 0.1) is 19.8 Å². The number of hydrogen-bond acceptors (Lipinski definition) is 6. The summed E-state index contributed by atoms with van der Waals surface area (Å²) in [7, 11) is 0. The molecule has 130 valence electrons. The van der Waals surface area contributed by atoms with Gasteiger partial charge < -0.3 is 19.7 Å². The molecule has 0 spiro atoms. The second kappa shape index (κ2) is 6.80. The van der Waals surface area contributed by atoms with Gasteiger partial charge in [0.1, 0.15) is 18.2 Å². The highest BCUT2D eigenvalue weighted by Crippen LogP contribution is 2.36. The van der Waals surface area contributed by atoms with Gasteiger partial charge in [-0.2, -0.15) is 0 Å². The second-order valence-corrected chi connectivity index (χ2v) is 7.21. The topological polar surface area (TPSA) is 84.9 Å². The molecule has 1 aromatic rings. The van der Waals surface area contributed by atoms with Crippen LogP contribution in [-0.4, -0.2) is 49.2 Å². The van der Waals surface area contributed by atoms with Crippen molar-refractivity contribution in [3.63, 3.8) is 0 Å². The van der Waals surface area contributed by atoms with Crippen molar-refractivity contribution in [1.29, 1.82) is 0 Å². The highest BCUT2D eigenvalue weighted by Gasteiger charge is 2.32.